The van der Waals surface area contributed by atoms with Gasteiger partial charge in [0.2, 0.25) is 0 Å². The zero-order valence-electron chi connectivity index (χ0n) is 9.89. The van der Waals surface area contributed by atoms with Gasteiger partial charge in [-0.1, -0.05) is 49.9 Å². The number of hydrogen-bond donors (Lipinski definition) is 0. The summed E-state index contributed by atoms with van der Waals surface area (Å²) in [4.78, 5) is 0. The van der Waals surface area contributed by atoms with Crippen LogP contribution in [0.25, 0.3) is 0 Å². The van der Waals surface area contributed by atoms with Gasteiger partial charge in [-0.3, -0.25) is 0 Å². The van der Waals surface area contributed by atoms with Crippen LogP contribution >= 0.6 is 23.2 Å². The van der Waals surface area contributed by atoms with Crippen LogP contribution in [0.15, 0.2) is 24.3 Å². The fraction of sp³-hybridized carbons (Fsp3) is 0.571. The summed E-state index contributed by atoms with van der Waals surface area (Å²) in [6.07, 6.45) is 6.19. The van der Waals surface area contributed by atoms with E-state index in [1.165, 1.54) is 31.2 Å². The lowest BCUT2D eigenvalue weighted by molar-refractivity contribution is 0.498. The molecule has 0 aliphatic rings. The Hall–Kier alpha value is -0.200. The van der Waals surface area contributed by atoms with Crippen LogP contribution in [0.3, 0.4) is 0 Å². The molecule has 0 N–H and O–H groups in total. The molecule has 0 bridgehead atoms. The minimum atomic E-state index is 0.606. The van der Waals surface area contributed by atoms with E-state index in [4.69, 9.17) is 23.2 Å². The van der Waals surface area contributed by atoms with Crippen molar-refractivity contribution in [1.29, 1.82) is 0 Å². The molecular weight excluding hydrogens is 239 g/mol. The molecule has 0 nitrogen and oxygen atoms in total. The van der Waals surface area contributed by atoms with Gasteiger partial charge in [0.15, 0.2) is 0 Å². The molecule has 0 aromatic heterocycles. The molecule has 0 heterocycles. The highest BCUT2D eigenvalue weighted by molar-refractivity contribution is 6.30. The van der Waals surface area contributed by atoms with E-state index in [0.29, 0.717) is 5.92 Å². The molecule has 0 saturated carbocycles. The normalized spacial score (nSPS) is 12.7. The summed E-state index contributed by atoms with van der Waals surface area (Å²) in [6, 6.07) is 8.10. The molecule has 0 aliphatic heterocycles. The largest absolute Gasteiger partial charge is 0.126 e. The first-order chi connectivity index (χ1) is 7.76. The van der Waals surface area contributed by atoms with E-state index < -0.39 is 0 Å². The van der Waals surface area contributed by atoms with Crippen LogP contribution in [-0.2, 0) is 6.42 Å². The SMILES string of the molecule is CCCCCC(CCl)Cc1ccc(Cl)cc1. The Morgan fingerprint density at radius 3 is 2.38 bits per heavy atom. The number of halogens is 2. The van der Waals surface area contributed by atoms with Crippen molar-refractivity contribution in [2.45, 2.75) is 39.0 Å². The molecule has 1 atom stereocenters. The molecule has 1 aromatic carbocycles. The molecular formula is C14H20Cl2. The molecule has 16 heavy (non-hydrogen) atoms. The monoisotopic (exact) mass is 258 g/mol. The Labute approximate surface area is 109 Å². The number of unbranched alkanes of at least 4 members (excludes halogenated alkanes) is 2. The Kier molecular flexibility index (Phi) is 6.91. The summed E-state index contributed by atoms with van der Waals surface area (Å²) in [5.74, 6) is 1.36. The first-order valence-electron chi connectivity index (χ1n) is 6.06. The molecule has 0 saturated heterocycles. The maximum atomic E-state index is 6.00. The predicted octanol–water partition coefficient (Wildman–Crippen LogP) is 5.32. The second kappa shape index (κ2) is 7.97. The van der Waals surface area contributed by atoms with Gasteiger partial charge in [-0.25, -0.2) is 0 Å². The van der Waals surface area contributed by atoms with Crippen LogP contribution in [0.2, 0.25) is 5.02 Å². The Balaban J connectivity index is 2.40. The summed E-state index contributed by atoms with van der Waals surface area (Å²) in [6.45, 7) is 2.23. The fourth-order valence-electron chi connectivity index (χ4n) is 1.87. The van der Waals surface area contributed by atoms with Gasteiger partial charge in [-0.2, -0.15) is 0 Å². The zero-order valence-corrected chi connectivity index (χ0v) is 11.4. The summed E-state index contributed by atoms with van der Waals surface area (Å²) < 4.78 is 0. The van der Waals surface area contributed by atoms with Crippen molar-refractivity contribution >= 4 is 23.2 Å². The minimum Gasteiger partial charge on any atom is -0.126 e. The number of alkyl halides is 1. The summed E-state index contributed by atoms with van der Waals surface area (Å²) >= 11 is 11.9. The van der Waals surface area contributed by atoms with Crippen LogP contribution in [0, 0.1) is 5.92 Å². The van der Waals surface area contributed by atoms with Gasteiger partial charge in [-0.15, -0.1) is 11.6 Å². The zero-order chi connectivity index (χ0) is 11.8. The van der Waals surface area contributed by atoms with Crippen LogP contribution in [0.5, 0.6) is 0 Å². The second-order valence-corrected chi connectivity index (χ2v) is 5.09. The van der Waals surface area contributed by atoms with Gasteiger partial charge >= 0.3 is 0 Å². The molecule has 0 spiro atoms. The highest BCUT2D eigenvalue weighted by Gasteiger charge is 2.08. The number of rotatable bonds is 7. The van der Waals surface area contributed by atoms with Gasteiger partial charge in [-0.05, 0) is 36.5 Å². The van der Waals surface area contributed by atoms with Crippen molar-refractivity contribution in [1.82, 2.24) is 0 Å². The Bertz CT molecular complexity index is 279. The standard InChI is InChI=1S/C14H20Cl2/c1-2-3-4-5-13(11-15)10-12-6-8-14(16)9-7-12/h6-9,13H,2-5,10-11H2,1H3. The Morgan fingerprint density at radius 1 is 1.12 bits per heavy atom. The van der Waals surface area contributed by atoms with Gasteiger partial charge in [0, 0.05) is 10.9 Å². The first-order valence-corrected chi connectivity index (χ1v) is 6.98. The van der Waals surface area contributed by atoms with E-state index in [1.54, 1.807) is 0 Å². The van der Waals surface area contributed by atoms with E-state index in [9.17, 15) is 0 Å². The van der Waals surface area contributed by atoms with Gasteiger partial charge in [0.05, 0.1) is 0 Å². The topological polar surface area (TPSA) is 0 Å². The minimum absolute atomic E-state index is 0.606. The van der Waals surface area contributed by atoms with Gasteiger partial charge in [0.1, 0.15) is 0 Å². The van der Waals surface area contributed by atoms with Crippen LogP contribution < -0.4 is 0 Å². The lowest BCUT2D eigenvalue weighted by atomic mass is 9.95. The molecule has 2 heteroatoms. The molecule has 0 aliphatic carbocycles. The van der Waals surface area contributed by atoms with E-state index >= 15 is 0 Å². The third kappa shape index (κ3) is 5.23. The Morgan fingerprint density at radius 2 is 1.81 bits per heavy atom. The third-order valence-corrected chi connectivity index (χ3v) is 3.56. The van der Waals surface area contributed by atoms with E-state index in [1.807, 2.05) is 12.1 Å². The van der Waals surface area contributed by atoms with E-state index in [0.717, 1.165) is 17.3 Å². The highest BCUT2D eigenvalue weighted by atomic mass is 35.5. The van der Waals surface area contributed by atoms with Crippen molar-refractivity contribution in [2.75, 3.05) is 5.88 Å². The van der Waals surface area contributed by atoms with Crippen molar-refractivity contribution in [3.05, 3.63) is 34.9 Å². The molecule has 1 unspecified atom stereocenters. The predicted molar refractivity (Wildman–Crippen MR) is 73.5 cm³/mol. The lowest BCUT2D eigenvalue weighted by Crippen LogP contribution is -2.06. The summed E-state index contributed by atoms with van der Waals surface area (Å²) in [7, 11) is 0. The average Bonchev–Trinajstić information content (AvgIpc) is 2.31. The maximum absolute atomic E-state index is 6.00. The van der Waals surface area contributed by atoms with Crippen molar-refractivity contribution in [3.63, 3.8) is 0 Å². The fourth-order valence-corrected chi connectivity index (χ4v) is 2.26. The molecule has 0 fully saturated rings. The van der Waals surface area contributed by atoms with Crippen molar-refractivity contribution in [2.24, 2.45) is 5.92 Å². The average molecular weight is 259 g/mol. The molecule has 0 radical (unpaired) electrons. The number of hydrogen-bond acceptors (Lipinski definition) is 0. The first kappa shape index (κ1) is 13.9. The van der Waals surface area contributed by atoms with Crippen LogP contribution in [-0.4, -0.2) is 5.88 Å². The van der Waals surface area contributed by atoms with Crippen molar-refractivity contribution < 1.29 is 0 Å². The third-order valence-electron chi connectivity index (χ3n) is 2.87. The van der Waals surface area contributed by atoms with Crippen LogP contribution in [0.4, 0.5) is 0 Å². The summed E-state index contributed by atoms with van der Waals surface area (Å²) in [5, 5.41) is 0.803. The smallest absolute Gasteiger partial charge is 0.0406 e. The molecule has 1 rings (SSSR count). The summed E-state index contributed by atoms with van der Waals surface area (Å²) in [5.41, 5.74) is 1.34. The maximum Gasteiger partial charge on any atom is 0.0406 e. The second-order valence-electron chi connectivity index (χ2n) is 4.35. The van der Waals surface area contributed by atoms with E-state index in [-0.39, 0.29) is 0 Å². The van der Waals surface area contributed by atoms with Crippen molar-refractivity contribution in [3.8, 4) is 0 Å². The molecule has 1 aromatic rings. The van der Waals surface area contributed by atoms with E-state index in [2.05, 4.69) is 19.1 Å². The highest BCUT2D eigenvalue weighted by Crippen LogP contribution is 2.19. The quantitative estimate of drug-likeness (QED) is 0.459. The molecule has 0 amide bonds. The van der Waals surface area contributed by atoms with Gasteiger partial charge < -0.3 is 0 Å². The number of benzene rings is 1. The van der Waals surface area contributed by atoms with Gasteiger partial charge in [0.25, 0.3) is 0 Å². The molecule has 90 valence electrons. The lowest BCUT2D eigenvalue weighted by Gasteiger charge is -2.13. The van der Waals surface area contributed by atoms with Crippen LogP contribution in [0.1, 0.15) is 38.2 Å².